The van der Waals surface area contributed by atoms with Gasteiger partial charge in [0.2, 0.25) is 0 Å². The molecule has 0 aliphatic heterocycles. The molecule has 0 radical (unpaired) electrons. The number of aromatic nitrogens is 1. The highest BCUT2D eigenvalue weighted by Gasteiger charge is 1.99. The van der Waals surface area contributed by atoms with E-state index >= 15 is 0 Å². The van der Waals surface area contributed by atoms with Gasteiger partial charge in [0.05, 0.1) is 7.11 Å². The van der Waals surface area contributed by atoms with E-state index in [1.54, 1.807) is 6.20 Å². The number of esters is 1. The fraction of sp³-hybridized carbons (Fsp3) is 0.588. The van der Waals surface area contributed by atoms with Gasteiger partial charge in [-0.25, -0.2) is 0 Å². The smallest absolute Gasteiger partial charge is 0.305 e. The van der Waals surface area contributed by atoms with Gasteiger partial charge in [-0.1, -0.05) is 25.3 Å². The number of ether oxygens (including phenoxy) is 1. The maximum absolute atomic E-state index is 10.9. The van der Waals surface area contributed by atoms with Gasteiger partial charge < -0.3 is 15.8 Å². The lowest BCUT2D eigenvalue weighted by atomic mass is 10.1. The zero-order chi connectivity index (χ0) is 16.8. The standard InChI is InChI=1S/C17H28N4O2.HI/c1-23-16(22)10-5-3-2-4-7-13-20-17(18)21-14-11-15-9-6-8-12-19-15;/h6,8-9,12H,2-5,7,10-11,13-14H2,1H3,(H3,18,20,21);1H. The van der Waals surface area contributed by atoms with Crippen molar-refractivity contribution in [1.82, 2.24) is 10.3 Å². The second-order valence-corrected chi connectivity index (χ2v) is 5.36. The van der Waals surface area contributed by atoms with Crippen LogP contribution in [-0.4, -0.2) is 37.1 Å². The van der Waals surface area contributed by atoms with Crippen LogP contribution in [0.15, 0.2) is 29.4 Å². The molecular formula is C17H29IN4O2. The summed E-state index contributed by atoms with van der Waals surface area (Å²) in [5.41, 5.74) is 6.86. The van der Waals surface area contributed by atoms with Crippen molar-refractivity contribution in [3.8, 4) is 0 Å². The third-order valence-electron chi connectivity index (χ3n) is 3.46. The molecule has 1 aromatic rings. The van der Waals surface area contributed by atoms with Gasteiger partial charge in [0.15, 0.2) is 5.96 Å². The number of hydrogen-bond acceptors (Lipinski definition) is 4. The summed E-state index contributed by atoms with van der Waals surface area (Å²) in [5, 5.41) is 3.10. The maximum atomic E-state index is 10.9. The van der Waals surface area contributed by atoms with E-state index in [1.807, 2.05) is 18.2 Å². The normalized spacial score (nSPS) is 10.8. The first-order valence-corrected chi connectivity index (χ1v) is 8.23. The summed E-state index contributed by atoms with van der Waals surface area (Å²) in [5.74, 6) is 0.366. The lowest BCUT2D eigenvalue weighted by Gasteiger charge is -2.05. The quantitative estimate of drug-likeness (QED) is 0.179. The predicted molar refractivity (Wildman–Crippen MR) is 108 cm³/mol. The molecule has 1 aromatic heterocycles. The van der Waals surface area contributed by atoms with E-state index in [9.17, 15) is 4.79 Å². The Labute approximate surface area is 161 Å². The zero-order valence-electron chi connectivity index (χ0n) is 14.4. The SMILES string of the molecule is COC(=O)CCCCCCCN=C(N)NCCc1ccccn1.I. The number of nitrogens with zero attached hydrogens (tertiary/aromatic N) is 2. The highest BCUT2D eigenvalue weighted by atomic mass is 127. The summed E-state index contributed by atoms with van der Waals surface area (Å²) in [6, 6.07) is 5.88. The Bertz CT molecular complexity index is 469. The summed E-state index contributed by atoms with van der Waals surface area (Å²) >= 11 is 0. The van der Waals surface area contributed by atoms with Gasteiger partial charge in [0.25, 0.3) is 0 Å². The summed E-state index contributed by atoms with van der Waals surface area (Å²) < 4.78 is 4.60. The van der Waals surface area contributed by atoms with Crippen LogP contribution in [0, 0.1) is 0 Å². The van der Waals surface area contributed by atoms with Gasteiger partial charge >= 0.3 is 5.97 Å². The topological polar surface area (TPSA) is 89.6 Å². The van der Waals surface area contributed by atoms with Crippen molar-refractivity contribution < 1.29 is 9.53 Å². The molecule has 0 aliphatic rings. The fourth-order valence-corrected chi connectivity index (χ4v) is 2.13. The number of halogens is 1. The first-order valence-electron chi connectivity index (χ1n) is 8.23. The molecule has 0 amide bonds. The average Bonchev–Trinajstić information content (AvgIpc) is 2.58. The van der Waals surface area contributed by atoms with Crippen LogP contribution in [-0.2, 0) is 16.0 Å². The molecule has 0 spiro atoms. The van der Waals surface area contributed by atoms with Crippen molar-refractivity contribution in [3.63, 3.8) is 0 Å². The molecule has 0 aliphatic carbocycles. The third-order valence-corrected chi connectivity index (χ3v) is 3.46. The van der Waals surface area contributed by atoms with Crippen LogP contribution >= 0.6 is 24.0 Å². The lowest BCUT2D eigenvalue weighted by molar-refractivity contribution is -0.140. The number of aliphatic imine (C=N–C) groups is 1. The summed E-state index contributed by atoms with van der Waals surface area (Å²) in [7, 11) is 1.43. The Morgan fingerprint density at radius 3 is 2.71 bits per heavy atom. The van der Waals surface area contributed by atoms with Gasteiger partial charge in [-0.2, -0.15) is 0 Å². The summed E-state index contributed by atoms with van der Waals surface area (Å²) in [6.45, 7) is 1.47. The van der Waals surface area contributed by atoms with Crippen molar-refractivity contribution in [3.05, 3.63) is 30.1 Å². The molecular weight excluding hydrogens is 419 g/mol. The molecule has 136 valence electrons. The van der Waals surface area contributed by atoms with E-state index in [0.29, 0.717) is 12.4 Å². The van der Waals surface area contributed by atoms with E-state index < -0.39 is 0 Å². The lowest BCUT2D eigenvalue weighted by Crippen LogP contribution is -2.33. The van der Waals surface area contributed by atoms with Crippen LogP contribution < -0.4 is 11.1 Å². The van der Waals surface area contributed by atoms with Crippen LogP contribution in [0.5, 0.6) is 0 Å². The number of pyridine rings is 1. The molecule has 24 heavy (non-hydrogen) atoms. The Kier molecular flexibility index (Phi) is 14.3. The second kappa shape index (κ2) is 15.2. The first kappa shape index (κ1) is 22.6. The highest BCUT2D eigenvalue weighted by molar-refractivity contribution is 14.0. The van der Waals surface area contributed by atoms with E-state index in [0.717, 1.165) is 57.3 Å². The number of guanidine groups is 1. The van der Waals surface area contributed by atoms with Gasteiger partial charge in [-0.3, -0.25) is 14.8 Å². The molecule has 0 unspecified atom stereocenters. The Morgan fingerprint density at radius 1 is 1.25 bits per heavy atom. The maximum Gasteiger partial charge on any atom is 0.305 e. The number of carbonyl (C=O) groups is 1. The minimum atomic E-state index is -0.126. The molecule has 6 nitrogen and oxygen atoms in total. The first-order chi connectivity index (χ1) is 11.2. The number of methoxy groups -OCH3 is 1. The molecule has 0 aromatic carbocycles. The minimum absolute atomic E-state index is 0. The average molecular weight is 448 g/mol. The van der Waals surface area contributed by atoms with Gasteiger partial charge in [0, 0.05) is 37.8 Å². The summed E-state index contributed by atoms with van der Waals surface area (Å²) in [4.78, 5) is 19.5. The molecule has 7 heteroatoms. The molecule has 0 saturated heterocycles. The van der Waals surface area contributed by atoms with E-state index in [-0.39, 0.29) is 29.9 Å². The summed E-state index contributed by atoms with van der Waals surface area (Å²) in [6.07, 6.45) is 8.31. The Morgan fingerprint density at radius 2 is 2.00 bits per heavy atom. The van der Waals surface area contributed by atoms with Crippen molar-refractivity contribution in [1.29, 1.82) is 0 Å². The van der Waals surface area contributed by atoms with Crippen LogP contribution in [0.3, 0.4) is 0 Å². The number of hydrogen-bond donors (Lipinski definition) is 2. The molecule has 0 fully saturated rings. The molecule has 1 rings (SSSR count). The Balaban J connectivity index is 0.00000529. The molecule has 3 N–H and O–H groups in total. The molecule has 0 saturated carbocycles. The van der Waals surface area contributed by atoms with Crippen LogP contribution in [0.25, 0.3) is 0 Å². The number of carbonyl (C=O) groups excluding carboxylic acids is 1. The van der Waals surface area contributed by atoms with Crippen molar-refractivity contribution in [2.45, 2.75) is 44.9 Å². The Hall–Kier alpha value is -1.38. The van der Waals surface area contributed by atoms with E-state index in [4.69, 9.17) is 5.73 Å². The van der Waals surface area contributed by atoms with Crippen LogP contribution in [0.1, 0.15) is 44.2 Å². The highest BCUT2D eigenvalue weighted by Crippen LogP contribution is 2.06. The van der Waals surface area contributed by atoms with Crippen molar-refractivity contribution in [2.24, 2.45) is 10.7 Å². The molecule has 1 heterocycles. The molecule has 0 atom stereocenters. The number of nitrogens with one attached hydrogen (secondary N) is 1. The zero-order valence-corrected chi connectivity index (χ0v) is 16.7. The fourth-order valence-electron chi connectivity index (χ4n) is 2.13. The van der Waals surface area contributed by atoms with Crippen molar-refractivity contribution >= 4 is 35.9 Å². The molecule has 0 bridgehead atoms. The number of rotatable bonds is 11. The second-order valence-electron chi connectivity index (χ2n) is 5.36. The van der Waals surface area contributed by atoms with Gasteiger partial charge in [-0.05, 0) is 25.0 Å². The van der Waals surface area contributed by atoms with E-state index in [2.05, 4.69) is 20.0 Å². The predicted octanol–water partition coefficient (Wildman–Crippen LogP) is 2.66. The third kappa shape index (κ3) is 12.1. The monoisotopic (exact) mass is 448 g/mol. The van der Waals surface area contributed by atoms with E-state index in [1.165, 1.54) is 7.11 Å². The van der Waals surface area contributed by atoms with Crippen molar-refractivity contribution in [2.75, 3.05) is 20.2 Å². The number of unbranched alkanes of at least 4 members (excludes halogenated alkanes) is 4. The minimum Gasteiger partial charge on any atom is -0.469 e. The number of nitrogens with two attached hydrogens (primary N) is 1. The van der Waals surface area contributed by atoms with Gasteiger partial charge in [0.1, 0.15) is 0 Å². The van der Waals surface area contributed by atoms with Crippen LogP contribution in [0.2, 0.25) is 0 Å². The van der Waals surface area contributed by atoms with Crippen LogP contribution in [0.4, 0.5) is 0 Å². The largest absolute Gasteiger partial charge is 0.469 e. The van der Waals surface area contributed by atoms with Gasteiger partial charge in [-0.15, -0.1) is 24.0 Å².